The van der Waals surface area contributed by atoms with Crippen molar-refractivity contribution in [2.24, 2.45) is 0 Å². The smallest absolute Gasteiger partial charge is 0.252 e. The van der Waals surface area contributed by atoms with Gasteiger partial charge in [-0.3, -0.25) is 0 Å². The maximum Gasteiger partial charge on any atom is 0.252 e. The average molecular weight is 877 g/mol. The van der Waals surface area contributed by atoms with Gasteiger partial charge in [0.2, 0.25) is 0 Å². The molecule has 0 fully saturated rings. The van der Waals surface area contributed by atoms with E-state index < -0.39 is 0 Å². The normalized spacial score (nSPS) is 14.9. The second kappa shape index (κ2) is 14.6. The molecule has 0 amide bonds. The van der Waals surface area contributed by atoms with E-state index in [0.29, 0.717) is 0 Å². The van der Waals surface area contributed by atoms with Crippen LogP contribution < -0.4 is 26.2 Å². The third-order valence-electron chi connectivity index (χ3n) is 15.6. The van der Waals surface area contributed by atoms with E-state index >= 15 is 0 Å². The number of anilines is 6. The van der Waals surface area contributed by atoms with Crippen LogP contribution in [-0.2, 0) is 25.7 Å². The summed E-state index contributed by atoms with van der Waals surface area (Å²) in [5.41, 5.74) is 24.2. The first-order chi connectivity index (χ1) is 33.2. The van der Waals surface area contributed by atoms with Crippen LogP contribution in [-0.4, -0.2) is 6.71 Å². The molecule has 0 N–H and O–H groups in total. The molecule has 0 spiro atoms. The highest BCUT2D eigenvalue weighted by atomic mass is 32.1. The highest BCUT2D eigenvalue weighted by Gasteiger charge is 2.45. The minimum Gasteiger partial charge on any atom is -0.456 e. The van der Waals surface area contributed by atoms with Crippen LogP contribution in [0.1, 0.15) is 47.9 Å². The van der Waals surface area contributed by atoms with Crippen molar-refractivity contribution in [3.05, 3.63) is 198 Å². The molecular weight excluding hydrogens is 832 g/mol. The molecule has 318 valence electrons. The van der Waals surface area contributed by atoms with Gasteiger partial charge in [0.05, 0.1) is 11.4 Å². The third kappa shape index (κ3) is 5.65. The monoisotopic (exact) mass is 876 g/mol. The molecule has 0 saturated heterocycles. The van der Waals surface area contributed by atoms with Gasteiger partial charge in [-0.15, -0.1) is 11.3 Å². The van der Waals surface area contributed by atoms with Crippen LogP contribution in [0, 0.1) is 0 Å². The second-order valence-electron chi connectivity index (χ2n) is 19.2. The van der Waals surface area contributed by atoms with Crippen LogP contribution in [0.4, 0.5) is 34.1 Å². The predicted octanol–water partition coefficient (Wildman–Crippen LogP) is 15.1. The fraction of sp³-hybridized carbons (Fsp3) is 0.129. The molecule has 3 nitrogen and oxygen atoms in total. The SMILES string of the molecule is c1ccc(-c2cc3c(cc2N2c4cc5oc6ccccc6c5cc4B4c5cc6c(cc5N(c5cc7c(cc5-c5ccccc5)CCCC7)c5cccc2c54)sc2ccccc26)CCCC3)cc1. The van der Waals surface area contributed by atoms with Crippen LogP contribution in [0.5, 0.6) is 0 Å². The molecule has 5 heteroatoms. The Bertz CT molecular complexity index is 3600. The first kappa shape index (κ1) is 37.8. The molecule has 0 unspecified atom stereocenters. The lowest BCUT2D eigenvalue weighted by Crippen LogP contribution is -2.61. The van der Waals surface area contributed by atoms with E-state index in [1.807, 2.05) is 11.3 Å². The molecule has 9 aromatic carbocycles. The molecule has 0 saturated carbocycles. The Kier molecular flexibility index (Phi) is 8.24. The number of thiophene rings is 1. The molecule has 0 radical (unpaired) electrons. The maximum atomic E-state index is 6.81. The van der Waals surface area contributed by atoms with E-state index in [1.165, 1.54) is 141 Å². The minimum atomic E-state index is -0.0413. The number of hydrogen-bond donors (Lipinski definition) is 0. The van der Waals surface area contributed by atoms with Crippen molar-refractivity contribution in [2.45, 2.75) is 51.4 Å². The topological polar surface area (TPSA) is 19.6 Å². The van der Waals surface area contributed by atoms with Crippen LogP contribution >= 0.6 is 11.3 Å². The number of benzene rings is 9. The highest BCUT2D eigenvalue weighted by molar-refractivity contribution is 7.26. The Morgan fingerprint density at radius 2 is 0.896 bits per heavy atom. The van der Waals surface area contributed by atoms with Gasteiger partial charge in [0.15, 0.2) is 0 Å². The highest BCUT2D eigenvalue weighted by Crippen LogP contribution is 2.51. The largest absolute Gasteiger partial charge is 0.456 e. The Morgan fingerprint density at radius 3 is 1.52 bits per heavy atom. The predicted molar refractivity (Wildman–Crippen MR) is 285 cm³/mol. The zero-order chi connectivity index (χ0) is 43.7. The van der Waals surface area contributed by atoms with Crippen molar-refractivity contribution in [1.82, 2.24) is 0 Å². The molecule has 11 aromatic rings. The summed E-state index contributed by atoms with van der Waals surface area (Å²) >= 11 is 1.91. The summed E-state index contributed by atoms with van der Waals surface area (Å²) in [4.78, 5) is 5.30. The molecule has 2 aliphatic carbocycles. The summed E-state index contributed by atoms with van der Waals surface area (Å²) in [7, 11) is 0. The van der Waals surface area contributed by atoms with Crippen LogP contribution in [0.3, 0.4) is 0 Å². The first-order valence-corrected chi connectivity index (χ1v) is 25.1. The number of aryl methyl sites for hydroxylation is 4. The lowest BCUT2D eigenvalue weighted by molar-refractivity contribution is 0.669. The summed E-state index contributed by atoms with van der Waals surface area (Å²) in [6.45, 7) is -0.0413. The van der Waals surface area contributed by atoms with Crippen LogP contribution in [0.25, 0.3) is 64.4 Å². The zero-order valence-electron chi connectivity index (χ0n) is 37.2. The van der Waals surface area contributed by atoms with E-state index in [2.05, 4.69) is 186 Å². The molecule has 0 atom stereocenters. The van der Waals surface area contributed by atoms with Crippen molar-refractivity contribution >= 4 is 111 Å². The Hall–Kier alpha value is -7.34. The number of fused-ring (bicyclic) bond motifs is 12. The van der Waals surface area contributed by atoms with Crippen molar-refractivity contribution in [1.29, 1.82) is 0 Å². The molecule has 0 bridgehead atoms. The first-order valence-electron chi connectivity index (χ1n) is 24.3. The van der Waals surface area contributed by atoms with Gasteiger partial charge in [-0.1, -0.05) is 115 Å². The van der Waals surface area contributed by atoms with E-state index in [1.54, 1.807) is 0 Å². The van der Waals surface area contributed by atoms with Gasteiger partial charge in [0.1, 0.15) is 11.2 Å². The van der Waals surface area contributed by atoms with Gasteiger partial charge >= 0.3 is 0 Å². The molecule has 2 aliphatic heterocycles. The summed E-state index contributed by atoms with van der Waals surface area (Å²) in [6, 6.07) is 67.1. The fourth-order valence-electron chi connectivity index (χ4n) is 12.5. The van der Waals surface area contributed by atoms with Gasteiger partial charge in [-0.2, -0.15) is 0 Å². The Balaban J connectivity index is 1.09. The number of rotatable bonds is 4. The van der Waals surface area contributed by atoms with E-state index in [9.17, 15) is 0 Å². The van der Waals surface area contributed by atoms with Crippen LogP contribution in [0.15, 0.2) is 180 Å². The molecular formula is C62H45BN2OS. The number of nitrogens with zero attached hydrogens (tertiary/aromatic N) is 2. The van der Waals surface area contributed by atoms with Crippen molar-refractivity contribution in [2.75, 3.05) is 9.80 Å². The van der Waals surface area contributed by atoms with Crippen molar-refractivity contribution < 1.29 is 4.42 Å². The third-order valence-corrected chi connectivity index (χ3v) is 16.7. The van der Waals surface area contributed by atoms with E-state index in [4.69, 9.17) is 4.42 Å². The van der Waals surface area contributed by atoms with Crippen molar-refractivity contribution in [3.8, 4) is 22.3 Å². The maximum absolute atomic E-state index is 6.81. The van der Waals surface area contributed by atoms with Gasteiger partial charge in [0.25, 0.3) is 6.71 Å². The Labute approximate surface area is 394 Å². The lowest BCUT2D eigenvalue weighted by Gasteiger charge is -2.45. The summed E-state index contributed by atoms with van der Waals surface area (Å²) in [6.07, 6.45) is 9.39. The van der Waals surface area contributed by atoms with E-state index in [-0.39, 0.29) is 6.71 Å². The quantitative estimate of drug-likeness (QED) is 0.164. The number of para-hydroxylation sites is 1. The zero-order valence-corrected chi connectivity index (χ0v) is 38.0. The van der Waals surface area contributed by atoms with Gasteiger partial charge in [-0.05, 0) is 161 Å². The Morgan fingerprint density at radius 1 is 0.373 bits per heavy atom. The van der Waals surface area contributed by atoms with Gasteiger partial charge in [-0.25, -0.2) is 0 Å². The summed E-state index contributed by atoms with van der Waals surface area (Å²) in [5, 5.41) is 4.97. The van der Waals surface area contributed by atoms with Gasteiger partial charge in [0, 0.05) is 65.5 Å². The molecule has 4 heterocycles. The molecule has 15 rings (SSSR count). The van der Waals surface area contributed by atoms with E-state index in [0.717, 1.165) is 47.6 Å². The number of hydrogen-bond acceptors (Lipinski definition) is 4. The fourth-order valence-corrected chi connectivity index (χ4v) is 13.6. The summed E-state index contributed by atoms with van der Waals surface area (Å²) in [5.74, 6) is 0. The number of furan rings is 1. The standard InChI is InChI=1S/C62H45BN2OS/c1-3-16-38(17-4-1)46-30-40-20-7-9-22-42(40)32-54(46)64-52-26-15-27-53-62(52)63(50-34-48-44-24-11-13-28-58(44)66-59(48)36-56(50)64)51-35-49-45-25-12-14-29-60(45)67-61(49)37-57(51)65(53)55-33-43-23-10-8-21-41(43)31-47(55)39-18-5-2-6-19-39/h1-6,11-19,24-37H,7-10,20-23H2. The summed E-state index contributed by atoms with van der Waals surface area (Å²) < 4.78 is 9.45. The van der Waals surface area contributed by atoms with Crippen LogP contribution in [0.2, 0.25) is 0 Å². The lowest BCUT2D eigenvalue weighted by atomic mass is 9.33. The molecule has 2 aromatic heterocycles. The molecule has 4 aliphatic rings. The second-order valence-corrected chi connectivity index (χ2v) is 20.3. The average Bonchev–Trinajstić information content (AvgIpc) is 3.94. The molecule has 67 heavy (non-hydrogen) atoms. The van der Waals surface area contributed by atoms with Gasteiger partial charge < -0.3 is 14.2 Å². The van der Waals surface area contributed by atoms with Crippen molar-refractivity contribution in [3.63, 3.8) is 0 Å². The minimum absolute atomic E-state index is 0.0413.